The Labute approximate surface area is 90.2 Å². The van der Waals surface area contributed by atoms with Crippen molar-refractivity contribution in [3.63, 3.8) is 0 Å². The normalized spacial score (nSPS) is 14.7. The predicted octanol–water partition coefficient (Wildman–Crippen LogP) is 1.55. The van der Waals surface area contributed by atoms with E-state index in [4.69, 9.17) is 4.74 Å². The first-order valence-corrected chi connectivity index (χ1v) is 5.20. The van der Waals surface area contributed by atoms with E-state index in [1.54, 1.807) is 7.11 Å². The fraction of sp³-hybridized carbons (Fsp3) is 0.417. The minimum absolute atomic E-state index is 0.838. The third kappa shape index (κ3) is 2.29. The summed E-state index contributed by atoms with van der Waals surface area (Å²) in [5, 5.41) is 3.27. The highest BCUT2D eigenvalue weighted by molar-refractivity contribution is 5.86. The summed E-state index contributed by atoms with van der Waals surface area (Å²) >= 11 is 0. The van der Waals surface area contributed by atoms with Gasteiger partial charge in [0.15, 0.2) is 0 Å². The van der Waals surface area contributed by atoms with E-state index in [0.717, 1.165) is 31.1 Å². The standard InChI is InChI=1S/C12H16N2O/c1-9-3-4-11(15-2)10(7-9)8-12-13-5-6-14-12/h3-4,7H,5-6,8H2,1-2H3,(H,13,14). The molecule has 0 amide bonds. The molecule has 0 unspecified atom stereocenters. The molecule has 1 aromatic carbocycles. The summed E-state index contributed by atoms with van der Waals surface area (Å²) in [6.45, 7) is 3.94. The summed E-state index contributed by atoms with van der Waals surface area (Å²) in [5.74, 6) is 2.01. The lowest BCUT2D eigenvalue weighted by molar-refractivity contribution is 0.411. The number of hydrogen-bond acceptors (Lipinski definition) is 3. The van der Waals surface area contributed by atoms with E-state index in [-0.39, 0.29) is 0 Å². The molecule has 1 aliphatic rings. The number of benzene rings is 1. The van der Waals surface area contributed by atoms with Crippen LogP contribution in [0.1, 0.15) is 11.1 Å². The van der Waals surface area contributed by atoms with Crippen LogP contribution in [-0.2, 0) is 6.42 Å². The minimum atomic E-state index is 0.838. The number of ether oxygens (including phenoxy) is 1. The number of rotatable bonds is 3. The van der Waals surface area contributed by atoms with Gasteiger partial charge in [-0.15, -0.1) is 0 Å². The highest BCUT2D eigenvalue weighted by Crippen LogP contribution is 2.20. The van der Waals surface area contributed by atoms with Gasteiger partial charge in [0, 0.05) is 18.5 Å². The molecule has 0 saturated heterocycles. The van der Waals surface area contributed by atoms with Gasteiger partial charge in [0.05, 0.1) is 13.7 Å². The fourth-order valence-corrected chi connectivity index (χ4v) is 1.79. The third-order valence-corrected chi connectivity index (χ3v) is 2.54. The third-order valence-electron chi connectivity index (χ3n) is 2.54. The lowest BCUT2D eigenvalue weighted by Crippen LogP contribution is -2.20. The quantitative estimate of drug-likeness (QED) is 0.810. The van der Waals surface area contributed by atoms with Crippen LogP contribution in [0.3, 0.4) is 0 Å². The molecule has 1 aliphatic heterocycles. The molecule has 0 fully saturated rings. The average Bonchev–Trinajstić information content (AvgIpc) is 2.71. The van der Waals surface area contributed by atoms with Gasteiger partial charge < -0.3 is 10.1 Å². The molecule has 80 valence electrons. The van der Waals surface area contributed by atoms with Crippen LogP contribution in [0.4, 0.5) is 0 Å². The summed E-state index contributed by atoms with van der Waals surface area (Å²) in [6.07, 6.45) is 0.838. The first-order valence-electron chi connectivity index (χ1n) is 5.20. The monoisotopic (exact) mass is 204 g/mol. The fourth-order valence-electron chi connectivity index (χ4n) is 1.79. The summed E-state index contributed by atoms with van der Waals surface area (Å²) in [5.41, 5.74) is 2.45. The second-order valence-electron chi connectivity index (χ2n) is 3.75. The topological polar surface area (TPSA) is 33.6 Å². The van der Waals surface area contributed by atoms with Crippen molar-refractivity contribution in [2.75, 3.05) is 20.2 Å². The molecule has 0 aromatic heterocycles. The van der Waals surface area contributed by atoms with Crippen molar-refractivity contribution in [1.29, 1.82) is 0 Å². The van der Waals surface area contributed by atoms with Gasteiger partial charge in [0.1, 0.15) is 11.6 Å². The Kier molecular flexibility index (Phi) is 2.90. The second-order valence-corrected chi connectivity index (χ2v) is 3.75. The first kappa shape index (κ1) is 10.0. The summed E-state index contributed by atoms with van der Waals surface area (Å²) in [4.78, 5) is 4.39. The lowest BCUT2D eigenvalue weighted by Gasteiger charge is -2.09. The van der Waals surface area contributed by atoms with Crippen molar-refractivity contribution in [3.8, 4) is 5.75 Å². The van der Waals surface area contributed by atoms with Gasteiger partial charge in [-0.1, -0.05) is 17.7 Å². The molecular formula is C12H16N2O. The van der Waals surface area contributed by atoms with Gasteiger partial charge in [0.25, 0.3) is 0 Å². The van der Waals surface area contributed by atoms with Crippen LogP contribution >= 0.6 is 0 Å². The smallest absolute Gasteiger partial charge is 0.122 e. The Morgan fingerprint density at radius 3 is 3.00 bits per heavy atom. The molecule has 0 aliphatic carbocycles. The molecule has 0 atom stereocenters. The van der Waals surface area contributed by atoms with Gasteiger partial charge in [-0.2, -0.15) is 0 Å². The van der Waals surface area contributed by atoms with E-state index in [0.29, 0.717) is 0 Å². The van der Waals surface area contributed by atoms with E-state index >= 15 is 0 Å². The molecule has 3 nitrogen and oxygen atoms in total. The van der Waals surface area contributed by atoms with E-state index in [2.05, 4.69) is 29.4 Å². The van der Waals surface area contributed by atoms with Crippen molar-refractivity contribution in [2.45, 2.75) is 13.3 Å². The Bertz CT molecular complexity index is 385. The van der Waals surface area contributed by atoms with Gasteiger partial charge in [-0.25, -0.2) is 0 Å². The molecule has 2 rings (SSSR count). The van der Waals surface area contributed by atoms with E-state index in [1.807, 2.05) is 6.07 Å². The maximum atomic E-state index is 5.33. The van der Waals surface area contributed by atoms with Crippen LogP contribution in [0.5, 0.6) is 5.75 Å². The summed E-state index contributed by atoms with van der Waals surface area (Å²) < 4.78 is 5.33. The minimum Gasteiger partial charge on any atom is -0.496 e. The maximum Gasteiger partial charge on any atom is 0.122 e. The number of methoxy groups -OCH3 is 1. The number of hydrogen-bond donors (Lipinski definition) is 1. The highest BCUT2D eigenvalue weighted by Gasteiger charge is 2.09. The number of amidine groups is 1. The Morgan fingerprint density at radius 2 is 2.33 bits per heavy atom. The molecule has 1 N–H and O–H groups in total. The molecule has 0 radical (unpaired) electrons. The highest BCUT2D eigenvalue weighted by atomic mass is 16.5. The van der Waals surface area contributed by atoms with Gasteiger partial charge in [-0.3, -0.25) is 4.99 Å². The molecule has 1 aromatic rings. The average molecular weight is 204 g/mol. The summed E-state index contributed by atoms with van der Waals surface area (Å²) in [7, 11) is 1.71. The zero-order valence-electron chi connectivity index (χ0n) is 9.21. The Hall–Kier alpha value is -1.51. The first-order chi connectivity index (χ1) is 7.29. The van der Waals surface area contributed by atoms with Crippen LogP contribution in [0.25, 0.3) is 0 Å². The second kappa shape index (κ2) is 4.34. The summed E-state index contributed by atoms with van der Waals surface area (Å²) in [6, 6.07) is 6.23. The molecule has 0 saturated carbocycles. The van der Waals surface area contributed by atoms with Crippen molar-refractivity contribution in [1.82, 2.24) is 5.32 Å². The molecule has 0 spiro atoms. The van der Waals surface area contributed by atoms with E-state index < -0.39 is 0 Å². The molecule has 3 heteroatoms. The largest absolute Gasteiger partial charge is 0.496 e. The molecule has 1 heterocycles. The van der Waals surface area contributed by atoms with Crippen molar-refractivity contribution in [2.24, 2.45) is 4.99 Å². The zero-order chi connectivity index (χ0) is 10.7. The Balaban J connectivity index is 2.21. The van der Waals surface area contributed by atoms with Crippen molar-refractivity contribution in [3.05, 3.63) is 29.3 Å². The predicted molar refractivity (Wildman–Crippen MR) is 61.7 cm³/mol. The Morgan fingerprint density at radius 1 is 1.47 bits per heavy atom. The van der Waals surface area contributed by atoms with Gasteiger partial charge in [-0.05, 0) is 13.0 Å². The van der Waals surface area contributed by atoms with Gasteiger partial charge in [0.2, 0.25) is 0 Å². The molecule has 15 heavy (non-hydrogen) atoms. The number of nitrogens with zero attached hydrogens (tertiary/aromatic N) is 1. The molecule has 0 bridgehead atoms. The SMILES string of the molecule is COc1ccc(C)cc1CC1=NCCN1. The number of aryl methyl sites for hydroxylation is 1. The number of nitrogens with one attached hydrogen (secondary N) is 1. The zero-order valence-corrected chi connectivity index (χ0v) is 9.21. The number of aliphatic imine (C=N–C) groups is 1. The van der Waals surface area contributed by atoms with Crippen LogP contribution in [0.2, 0.25) is 0 Å². The molecular weight excluding hydrogens is 188 g/mol. The van der Waals surface area contributed by atoms with E-state index in [9.17, 15) is 0 Å². The van der Waals surface area contributed by atoms with Crippen LogP contribution in [-0.4, -0.2) is 26.0 Å². The van der Waals surface area contributed by atoms with Crippen molar-refractivity contribution >= 4 is 5.84 Å². The lowest BCUT2D eigenvalue weighted by atomic mass is 10.1. The van der Waals surface area contributed by atoms with Crippen LogP contribution in [0.15, 0.2) is 23.2 Å². The van der Waals surface area contributed by atoms with Crippen LogP contribution in [0, 0.1) is 6.92 Å². The van der Waals surface area contributed by atoms with E-state index in [1.165, 1.54) is 11.1 Å². The van der Waals surface area contributed by atoms with Crippen LogP contribution < -0.4 is 10.1 Å². The van der Waals surface area contributed by atoms with Gasteiger partial charge >= 0.3 is 0 Å². The van der Waals surface area contributed by atoms with Crippen molar-refractivity contribution < 1.29 is 4.74 Å². The maximum absolute atomic E-state index is 5.33.